The second kappa shape index (κ2) is 4.13. The van der Waals surface area contributed by atoms with Crippen LogP contribution in [0.4, 0.5) is 13.2 Å². The Balaban J connectivity index is 4.04. The van der Waals surface area contributed by atoms with Crippen LogP contribution >= 0.6 is 0 Å². The molecule has 0 saturated heterocycles. The van der Waals surface area contributed by atoms with Crippen molar-refractivity contribution >= 4 is 5.91 Å². The summed E-state index contributed by atoms with van der Waals surface area (Å²) < 4.78 is 35.3. The second-order valence-corrected chi connectivity index (χ2v) is 2.23. The summed E-state index contributed by atoms with van der Waals surface area (Å²) in [5.41, 5.74) is -1.35. The molecule has 2 nitrogen and oxygen atoms in total. The smallest absolute Gasteiger partial charge is 0.352 e. The van der Waals surface area contributed by atoms with Crippen LogP contribution in [0.15, 0.2) is 12.2 Å². The van der Waals surface area contributed by atoms with Crippen molar-refractivity contribution in [3.8, 4) is 0 Å². The van der Waals surface area contributed by atoms with Crippen LogP contribution in [0.25, 0.3) is 0 Å². The second-order valence-electron chi connectivity index (χ2n) is 2.23. The van der Waals surface area contributed by atoms with Crippen LogP contribution in [0.5, 0.6) is 0 Å². The van der Waals surface area contributed by atoms with E-state index in [1.165, 1.54) is 0 Å². The summed E-state index contributed by atoms with van der Waals surface area (Å²) in [6, 6.07) is 0. The number of alkyl halides is 3. The fraction of sp³-hybridized carbons (Fsp3) is 0.571. The monoisotopic (exact) mass is 181 g/mol. The standard InChI is InChI=1S/C7H10F3NO/c1-3-4-11-6(12)5(2)7(8,9)10/h2-4H2,1H3,(H,11,12). The van der Waals surface area contributed by atoms with Crippen molar-refractivity contribution in [2.75, 3.05) is 6.54 Å². The van der Waals surface area contributed by atoms with Gasteiger partial charge in [-0.05, 0) is 6.42 Å². The first-order chi connectivity index (χ1) is 5.39. The first-order valence-electron chi connectivity index (χ1n) is 3.44. The van der Waals surface area contributed by atoms with E-state index in [9.17, 15) is 18.0 Å². The molecule has 0 atom stereocenters. The van der Waals surface area contributed by atoms with Gasteiger partial charge in [0.15, 0.2) is 0 Å². The van der Waals surface area contributed by atoms with Crippen LogP contribution in [-0.4, -0.2) is 18.6 Å². The van der Waals surface area contributed by atoms with E-state index in [1.54, 1.807) is 6.92 Å². The Morgan fingerprint density at radius 3 is 2.33 bits per heavy atom. The first-order valence-corrected chi connectivity index (χ1v) is 3.44. The van der Waals surface area contributed by atoms with Crippen molar-refractivity contribution in [2.45, 2.75) is 19.5 Å². The van der Waals surface area contributed by atoms with Crippen LogP contribution in [0.1, 0.15) is 13.3 Å². The van der Waals surface area contributed by atoms with Gasteiger partial charge in [-0.15, -0.1) is 0 Å². The number of halogens is 3. The molecule has 0 aromatic rings. The zero-order valence-electron chi connectivity index (χ0n) is 6.66. The van der Waals surface area contributed by atoms with E-state index in [0.717, 1.165) is 0 Å². The molecule has 0 aliphatic heterocycles. The Kier molecular flexibility index (Phi) is 3.79. The third-order valence-electron chi connectivity index (χ3n) is 1.15. The van der Waals surface area contributed by atoms with E-state index in [4.69, 9.17) is 0 Å². The lowest BCUT2D eigenvalue weighted by atomic mass is 10.3. The third kappa shape index (κ3) is 3.41. The topological polar surface area (TPSA) is 29.1 Å². The van der Waals surface area contributed by atoms with Crippen molar-refractivity contribution < 1.29 is 18.0 Å². The van der Waals surface area contributed by atoms with Crippen molar-refractivity contribution in [1.29, 1.82) is 0 Å². The molecular weight excluding hydrogens is 171 g/mol. The molecule has 0 saturated carbocycles. The fourth-order valence-electron chi connectivity index (χ4n) is 0.474. The molecule has 0 bridgehead atoms. The normalized spacial score (nSPS) is 11.0. The molecule has 0 heterocycles. The van der Waals surface area contributed by atoms with Gasteiger partial charge in [0, 0.05) is 6.54 Å². The summed E-state index contributed by atoms with van der Waals surface area (Å²) in [4.78, 5) is 10.6. The summed E-state index contributed by atoms with van der Waals surface area (Å²) in [7, 11) is 0. The fourth-order valence-corrected chi connectivity index (χ4v) is 0.474. The molecule has 70 valence electrons. The van der Waals surface area contributed by atoms with Gasteiger partial charge in [-0.25, -0.2) is 0 Å². The summed E-state index contributed by atoms with van der Waals surface area (Å²) in [6.07, 6.45) is -4.03. The molecular formula is C7H10F3NO. The highest BCUT2D eigenvalue weighted by atomic mass is 19.4. The van der Waals surface area contributed by atoms with Crippen molar-refractivity contribution in [3.63, 3.8) is 0 Å². The maximum Gasteiger partial charge on any atom is 0.421 e. The number of rotatable bonds is 3. The maximum atomic E-state index is 11.8. The molecule has 12 heavy (non-hydrogen) atoms. The Morgan fingerprint density at radius 2 is 2.00 bits per heavy atom. The van der Waals surface area contributed by atoms with E-state index in [2.05, 4.69) is 11.9 Å². The summed E-state index contributed by atoms with van der Waals surface area (Å²) >= 11 is 0. The zero-order valence-corrected chi connectivity index (χ0v) is 6.66. The minimum absolute atomic E-state index is 0.230. The van der Waals surface area contributed by atoms with Gasteiger partial charge in [0.25, 0.3) is 5.91 Å². The van der Waals surface area contributed by atoms with Gasteiger partial charge in [-0.2, -0.15) is 13.2 Å². The molecule has 0 fully saturated rings. The van der Waals surface area contributed by atoms with Crippen LogP contribution in [0, 0.1) is 0 Å². The molecule has 0 radical (unpaired) electrons. The van der Waals surface area contributed by atoms with Crippen LogP contribution in [0.2, 0.25) is 0 Å². The average Bonchev–Trinajstić information content (AvgIpc) is 1.97. The number of nitrogens with one attached hydrogen (secondary N) is 1. The van der Waals surface area contributed by atoms with Gasteiger partial charge < -0.3 is 5.32 Å². The van der Waals surface area contributed by atoms with Crippen LogP contribution in [-0.2, 0) is 4.79 Å². The van der Waals surface area contributed by atoms with E-state index >= 15 is 0 Å². The highest BCUT2D eigenvalue weighted by Gasteiger charge is 2.36. The highest BCUT2D eigenvalue weighted by molar-refractivity contribution is 5.93. The van der Waals surface area contributed by atoms with Gasteiger partial charge in [-0.3, -0.25) is 4.79 Å². The van der Waals surface area contributed by atoms with E-state index in [-0.39, 0.29) is 6.54 Å². The average molecular weight is 181 g/mol. The first kappa shape index (κ1) is 11.0. The van der Waals surface area contributed by atoms with Gasteiger partial charge in [0.1, 0.15) is 5.57 Å². The quantitative estimate of drug-likeness (QED) is 0.659. The van der Waals surface area contributed by atoms with Gasteiger partial charge in [0.05, 0.1) is 0 Å². The lowest BCUT2D eigenvalue weighted by Crippen LogP contribution is -2.31. The van der Waals surface area contributed by atoms with E-state index in [1.807, 2.05) is 0 Å². The molecule has 0 spiro atoms. The van der Waals surface area contributed by atoms with Crippen LogP contribution < -0.4 is 5.32 Å². The van der Waals surface area contributed by atoms with E-state index < -0.39 is 17.7 Å². The molecule has 0 aliphatic rings. The third-order valence-corrected chi connectivity index (χ3v) is 1.15. The predicted molar refractivity (Wildman–Crippen MR) is 38.5 cm³/mol. The van der Waals surface area contributed by atoms with Crippen LogP contribution in [0.3, 0.4) is 0 Å². The number of carbonyl (C=O) groups excluding carboxylic acids is 1. The molecule has 0 aromatic heterocycles. The van der Waals surface area contributed by atoms with Gasteiger partial charge in [-0.1, -0.05) is 13.5 Å². The molecule has 0 rings (SSSR count). The largest absolute Gasteiger partial charge is 0.421 e. The van der Waals surface area contributed by atoms with E-state index in [0.29, 0.717) is 6.42 Å². The number of hydrogen-bond acceptors (Lipinski definition) is 1. The van der Waals surface area contributed by atoms with Gasteiger partial charge in [0.2, 0.25) is 0 Å². The molecule has 1 N–H and O–H groups in total. The molecule has 5 heteroatoms. The Morgan fingerprint density at radius 1 is 1.50 bits per heavy atom. The SMILES string of the molecule is C=C(C(=O)NCCC)C(F)(F)F. The lowest BCUT2D eigenvalue weighted by molar-refractivity contribution is -0.130. The molecule has 0 aromatic carbocycles. The predicted octanol–water partition coefficient (Wildman–Crippen LogP) is 1.63. The van der Waals surface area contributed by atoms with Crippen molar-refractivity contribution in [1.82, 2.24) is 5.32 Å². The highest BCUT2D eigenvalue weighted by Crippen LogP contribution is 2.23. The van der Waals surface area contributed by atoms with Crippen molar-refractivity contribution in [2.24, 2.45) is 0 Å². The molecule has 1 amide bonds. The number of carbonyl (C=O) groups is 1. The number of hydrogen-bond donors (Lipinski definition) is 1. The minimum atomic E-state index is -4.63. The maximum absolute atomic E-state index is 11.8. The number of amides is 1. The van der Waals surface area contributed by atoms with Crippen molar-refractivity contribution in [3.05, 3.63) is 12.2 Å². The molecule has 0 aliphatic carbocycles. The molecule has 0 unspecified atom stereocenters. The Bertz CT molecular complexity index is 186. The minimum Gasteiger partial charge on any atom is -0.352 e. The lowest BCUT2D eigenvalue weighted by Gasteiger charge is -2.09. The zero-order chi connectivity index (χ0) is 9.78. The summed E-state index contributed by atoms with van der Waals surface area (Å²) in [5.74, 6) is -1.15. The summed E-state index contributed by atoms with van der Waals surface area (Å²) in [5, 5.41) is 2.08. The Labute approximate surface area is 68.4 Å². The Hall–Kier alpha value is -1.00. The van der Waals surface area contributed by atoms with Gasteiger partial charge >= 0.3 is 6.18 Å². The summed E-state index contributed by atoms with van der Waals surface area (Å²) in [6.45, 7) is 4.62.